The summed E-state index contributed by atoms with van der Waals surface area (Å²) in [6.45, 7) is 8.59. The number of hydrogen-bond acceptors (Lipinski definition) is 5. The predicted molar refractivity (Wildman–Crippen MR) is 140 cm³/mol. The summed E-state index contributed by atoms with van der Waals surface area (Å²) in [5, 5.41) is 3.75. The maximum absolute atomic E-state index is 13.2. The first-order valence-corrected chi connectivity index (χ1v) is 13.9. The van der Waals surface area contributed by atoms with Crippen LogP contribution in [0.5, 0.6) is 5.75 Å². The third kappa shape index (κ3) is 4.08. The van der Waals surface area contributed by atoms with Gasteiger partial charge in [0.05, 0.1) is 19.3 Å². The van der Waals surface area contributed by atoms with Crippen molar-refractivity contribution in [3.05, 3.63) is 45.3 Å². The Morgan fingerprint density at radius 1 is 1.26 bits per heavy atom. The molecule has 1 N–H and O–H groups in total. The highest BCUT2D eigenvalue weighted by molar-refractivity contribution is 7.17. The highest BCUT2D eigenvalue weighted by Gasteiger charge is 2.55. The number of carbonyl (C=O) groups excluding carboxylic acids is 2. The van der Waals surface area contributed by atoms with Crippen LogP contribution < -0.4 is 10.1 Å². The van der Waals surface area contributed by atoms with Gasteiger partial charge in [0.15, 0.2) is 0 Å². The molecule has 0 radical (unpaired) electrons. The van der Waals surface area contributed by atoms with Crippen molar-refractivity contribution in [1.82, 2.24) is 0 Å². The molecule has 6 heteroatoms. The number of anilines is 1. The molecule has 5 rings (SSSR count). The SMILES string of the molecule is CCOC(=O)c1c(NC(=O)CC(C)C)sc2c1[C@]1(C)CC[C@H]3c4ccc(OC)cc4CC[C@@H]3[C@@H]1C2. The van der Waals surface area contributed by atoms with Gasteiger partial charge in [-0.2, -0.15) is 0 Å². The van der Waals surface area contributed by atoms with E-state index in [4.69, 9.17) is 9.47 Å². The standard InChI is InChI=1S/C29H37NO4S/c1-6-34-28(32)25-26-23(35-27(25)30-24(31)13-16(2)3)15-22-21-9-7-17-14-18(33-5)8-10-19(17)20(21)11-12-29(22,26)4/h8,10,14,16,20-22H,6-7,9,11-13,15H2,1-5H3,(H,30,31)/t20-,21-,22-,29+/m0/s1. The quantitative estimate of drug-likeness (QED) is 0.465. The number of nitrogens with one attached hydrogen (secondary N) is 1. The lowest BCUT2D eigenvalue weighted by atomic mass is 9.54. The van der Waals surface area contributed by atoms with Crippen molar-refractivity contribution in [3.8, 4) is 5.75 Å². The smallest absolute Gasteiger partial charge is 0.341 e. The Bertz CT molecular complexity index is 1150. The molecular weight excluding hydrogens is 458 g/mol. The monoisotopic (exact) mass is 495 g/mol. The average Bonchev–Trinajstić information content (AvgIpc) is 3.31. The highest BCUT2D eigenvalue weighted by atomic mass is 32.1. The molecule has 0 spiro atoms. The number of carbonyl (C=O) groups is 2. The first kappa shape index (κ1) is 24.4. The molecule has 4 atom stereocenters. The number of benzene rings is 1. The average molecular weight is 496 g/mol. The van der Waals surface area contributed by atoms with Crippen LogP contribution in [0.3, 0.4) is 0 Å². The Morgan fingerprint density at radius 2 is 2.06 bits per heavy atom. The second kappa shape index (κ2) is 9.27. The van der Waals surface area contributed by atoms with Gasteiger partial charge in [-0.05, 0) is 96.9 Å². The van der Waals surface area contributed by atoms with Crippen LogP contribution >= 0.6 is 11.3 Å². The van der Waals surface area contributed by atoms with Crippen LogP contribution in [0.1, 0.15) is 91.2 Å². The van der Waals surface area contributed by atoms with Crippen molar-refractivity contribution in [2.45, 2.75) is 77.6 Å². The van der Waals surface area contributed by atoms with Crippen LogP contribution in [-0.4, -0.2) is 25.6 Å². The zero-order chi connectivity index (χ0) is 24.9. The lowest BCUT2D eigenvalue weighted by Gasteiger charge is -2.49. The number of ether oxygens (including phenoxy) is 2. The van der Waals surface area contributed by atoms with E-state index in [-0.39, 0.29) is 23.2 Å². The molecule has 1 fully saturated rings. The van der Waals surface area contributed by atoms with Gasteiger partial charge in [-0.1, -0.05) is 26.8 Å². The van der Waals surface area contributed by atoms with E-state index in [9.17, 15) is 9.59 Å². The van der Waals surface area contributed by atoms with E-state index < -0.39 is 0 Å². The van der Waals surface area contributed by atoms with Gasteiger partial charge in [-0.3, -0.25) is 4.79 Å². The van der Waals surface area contributed by atoms with E-state index in [1.165, 1.54) is 22.4 Å². The Kier molecular flexibility index (Phi) is 6.45. The first-order chi connectivity index (χ1) is 16.8. The fourth-order valence-electron chi connectivity index (χ4n) is 7.15. The van der Waals surface area contributed by atoms with Crippen molar-refractivity contribution >= 4 is 28.2 Å². The third-order valence-electron chi connectivity index (χ3n) is 8.61. The molecule has 0 unspecified atom stereocenters. The van der Waals surface area contributed by atoms with Gasteiger partial charge in [-0.15, -0.1) is 11.3 Å². The number of amides is 1. The summed E-state index contributed by atoms with van der Waals surface area (Å²) >= 11 is 1.60. The van der Waals surface area contributed by atoms with Gasteiger partial charge >= 0.3 is 5.97 Å². The first-order valence-electron chi connectivity index (χ1n) is 13.1. The van der Waals surface area contributed by atoms with Crippen molar-refractivity contribution < 1.29 is 19.1 Å². The van der Waals surface area contributed by atoms with Crippen molar-refractivity contribution in [1.29, 1.82) is 0 Å². The number of fused-ring (bicyclic) bond motifs is 7. The van der Waals surface area contributed by atoms with Gasteiger partial charge in [0, 0.05) is 11.3 Å². The second-order valence-corrected chi connectivity index (χ2v) is 12.2. The topological polar surface area (TPSA) is 64.6 Å². The summed E-state index contributed by atoms with van der Waals surface area (Å²) in [6, 6.07) is 6.60. The molecule has 0 bridgehead atoms. The molecule has 3 aliphatic carbocycles. The van der Waals surface area contributed by atoms with Gasteiger partial charge in [0.1, 0.15) is 10.8 Å². The molecule has 0 aliphatic heterocycles. The van der Waals surface area contributed by atoms with E-state index >= 15 is 0 Å². The Balaban J connectivity index is 1.49. The molecule has 1 amide bonds. The predicted octanol–water partition coefficient (Wildman–Crippen LogP) is 6.49. The normalized spacial score (nSPS) is 26.4. The zero-order valence-electron chi connectivity index (χ0n) is 21.5. The molecule has 0 saturated heterocycles. The third-order valence-corrected chi connectivity index (χ3v) is 9.73. The van der Waals surface area contributed by atoms with E-state index in [1.807, 2.05) is 20.8 Å². The van der Waals surface area contributed by atoms with Crippen LogP contribution in [0.15, 0.2) is 18.2 Å². The van der Waals surface area contributed by atoms with Crippen molar-refractivity contribution in [3.63, 3.8) is 0 Å². The molecule has 1 heterocycles. The molecular formula is C29H37NO4S. The molecule has 2 aromatic rings. The van der Waals surface area contributed by atoms with Gasteiger partial charge in [-0.25, -0.2) is 4.79 Å². The summed E-state index contributed by atoms with van der Waals surface area (Å²) in [5.41, 5.74) is 4.63. The molecule has 1 aromatic carbocycles. The maximum atomic E-state index is 13.2. The van der Waals surface area contributed by atoms with Gasteiger partial charge in [0.25, 0.3) is 0 Å². The van der Waals surface area contributed by atoms with Crippen molar-refractivity contribution in [2.75, 3.05) is 19.0 Å². The van der Waals surface area contributed by atoms with E-state index in [2.05, 4.69) is 30.4 Å². The van der Waals surface area contributed by atoms with E-state index in [0.29, 0.717) is 41.3 Å². The minimum absolute atomic E-state index is 0.0322. The molecule has 5 nitrogen and oxygen atoms in total. The Hall–Kier alpha value is -2.34. The van der Waals surface area contributed by atoms with Crippen molar-refractivity contribution in [2.24, 2.45) is 17.8 Å². The van der Waals surface area contributed by atoms with Crippen LogP contribution in [0.25, 0.3) is 0 Å². The minimum atomic E-state index is -0.296. The van der Waals surface area contributed by atoms with Crippen LogP contribution in [0, 0.1) is 17.8 Å². The van der Waals surface area contributed by atoms with E-state index in [0.717, 1.165) is 37.0 Å². The minimum Gasteiger partial charge on any atom is -0.497 e. The summed E-state index contributed by atoms with van der Waals surface area (Å²) in [5.74, 6) is 2.55. The number of hydrogen-bond donors (Lipinski definition) is 1. The lowest BCUT2D eigenvalue weighted by Crippen LogP contribution is -2.43. The molecule has 35 heavy (non-hydrogen) atoms. The van der Waals surface area contributed by atoms with Gasteiger partial charge < -0.3 is 14.8 Å². The fraction of sp³-hybridized carbons (Fsp3) is 0.586. The van der Waals surface area contributed by atoms with E-state index in [1.54, 1.807) is 18.4 Å². The molecule has 1 saturated carbocycles. The summed E-state index contributed by atoms with van der Waals surface area (Å²) in [7, 11) is 1.73. The number of esters is 1. The summed E-state index contributed by atoms with van der Waals surface area (Å²) in [6.07, 6.45) is 5.83. The molecule has 3 aliphatic rings. The number of aryl methyl sites for hydroxylation is 1. The lowest BCUT2D eigenvalue weighted by molar-refractivity contribution is -0.116. The van der Waals surface area contributed by atoms with Crippen LogP contribution in [0.2, 0.25) is 0 Å². The summed E-state index contributed by atoms with van der Waals surface area (Å²) in [4.78, 5) is 27.1. The highest BCUT2D eigenvalue weighted by Crippen LogP contribution is 2.63. The van der Waals surface area contributed by atoms with Crippen LogP contribution in [-0.2, 0) is 27.8 Å². The summed E-state index contributed by atoms with van der Waals surface area (Å²) < 4.78 is 11.0. The van der Waals surface area contributed by atoms with Gasteiger partial charge in [0.2, 0.25) is 5.91 Å². The number of rotatable bonds is 6. The fourth-order valence-corrected chi connectivity index (χ4v) is 8.55. The molecule has 1 aromatic heterocycles. The second-order valence-electron chi connectivity index (χ2n) is 11.1. The maximum Gasteiger partial charge on any atom is 0.341 e. The molecule has 188 valence electrons. The zero-order valence-corrected chi connectivity index (χ0v) is 22.3. The Morgan fingerprint density at radius 3 is 2.77 bits per heavy atom. The largest absolute Gasteiger partial charge is 0.497 e. The van der Waals surface area contributed by atoms with Crippen LogP contribution in [0.4, 0.5) is 5.00 Å². The number of methoxy groups -OCH3 is 1. The number of thiophene rings is 1. The Labute approximate surface area is 212 Å².